The molecule has 2 amide bonds. The van der Waals surface area contributed by atoms with Crippen molar-refractivity contribution in [2.45, 2.75) is 19.0 Å². The van der Waals surface area contributed by atoms with Crippen LogP contribution in [0.5, 0.6) is 0 Å². The van der Waals surface area contributed by atoms with Crippen molar-refractivity contribution < 1.29 is 14.3 Å². The number of H-pyrrole nitrogens is 1. The van der Waals surface area contributed by atoms with Crippen molar-refractivity contribution in [2.75, 3.05) is 32.8 Å². The van der Waals surface area contributed by atoms with Gasteiger partial charge >= 0.3 is 0 Å². The van der Waals surface area contributed by atoms with Gasteiger partial charge in [0.1, 0.15) is 6.04 Å². The standard InChI is InChI=1S/C21H25N5O3S/c1-14(23-21(28)19-15-5-2-3-6-16(15)24-25-19)20(27)22-13-17(18-7-4-12-30-18)26-8-10-29-11-9-26/h2-7,12,14,17H,8-11,13H2,1H3,(H,22,27)(H,23,28)(H,24,25). The molecule has 3 N–H and O–H groups in total. The number of para-hydroxylation sites is 1. The molecule has 3 heterocycles. The number of carbonyl (C=O) groups excluding carboxylic acids is 2. The Bertz CT molecular complexity index is 997. The van der Waals surface area contributed by atoms with Crippen molar-refractivity contribution >= 4 is 34.1 Å². The van der Waals surface area contributed by atoms with Gasteiger partial charge < -0.3 is 15.4 Å². The molecule has 9 heteroatoms. The van der Waals surface area contributed by atoms with Crippen molar-refractivity contribution in [3.05, 3.63) is 52.3 Å². The van der Waals surface area contributed by atoms with Crippen LogP contribution < -0.4 is 10.6 Å². The summed E-state index contributed by atoms with van der Waals surface area (Å²) >= 11 is 1.68. The first kappa shape index (κ1) is 20.5. The van der Waals surface area contributed by atoms with Gasteiger partial charge in [-0.1, -0.05) is 24.3 Å². The first-order valence-corrected chi connectivity index (χ1v) is 10.9. The molecule has 0 aliphatic carbocycles. The van der Waals surface area contributed by atoms with E-state index in [9.17, 15) is 9.59 Å². The van der Waals surface area contributed by atoms with Crippen molar-refractivity contribution in [2.24, 2.45) is 0 Å². The van der Waals surface area contributed by atoms with Crippen molar-refractivity contribution in [1.82, 2.24) is 25.7 Å². The van der Waals surface area contributed by atoms with E-state index in [2.05, 4.69) is 31.8 Å². The summed E-state index contributed by atoms with van der Waals surface area (Å²) in [6, 6.07) is 10.9. The lowest BCUT2D eigenvalue weighted by atomic mass is 10.1. The summed E-state index contributed by atoms with van der Waals surface area (Å²) in [6.07, 6.45) is 0. The van der Waals surface area contributed by atoms with Crippen molar-refractivity contribution in [3.8, 4) is 0 Å². The van der Waals surface area contributed by atoms with Gasteiger partial charge in [-0.3, -0.25) is 19.6 Å². The van der Waals surface area contributed by atoms with Crippen LogP contribution in [0.1, 0.15) is 28.3 Å². The summed E-state index contributed by atoms with van der Waals surface area (Å²) in [5.41, 5.74) is 1.07. The monoisotopic (exact) mass is 427 g/mol. The number of aromatic amines is 1. The van der Waals surface area contributed by atoms with Crippen LogP contribution in [0.4, 0.5) is 0 Å². The Hall–Kier alpha value is -2.75. The number of morpholine rings is 1. The maximum atomic E-state index is 12.7. The highest BCUT2D eigenvalue weighted by molar-refractivity contribution is 7.10. The van der Waals surface area contributed by atoms with E-state index in [0.29, 0.717) is 19.8 Å². The number of aromatic nitrogens is 2. The lowest BCUT2D eigenvalue weighted by Crippen LogP contribution is -2.48. The number of thiophene rings is 1. The van der Waals surface area contributed by atoms with Gasteiger partial charge in [0, 0.05) is 29.9 Å². The maximum Gasteiger partial charge on any atom is 0.273 e. The Kier molecular flexibility index (Phi) is 6.41. The minimum Gasteiger partial charge on any atom is -0.379 e. The SMILES string of the molecule is CC(NC(=O)c1n[nH]c2ccccc12)C(=O)NCC(c1cccs1)N1CCOCC1. The average molecular weight is 428 g/mol. The Morgan fingerprint density at radius 3 is 2.80 bits per heavy atom. The molecule has 1 fully saturated rings. The first-order valence-electron chi connectivity index (χ1n) is 10.0. The molecule has 3 aromatic rings. The Balaban J connectivity index is 1.37. The molecular formula is C21H25N5O3S. The third-order valence-corrected chi connectivity index (χ3v) is 6.23. The number of amides is 2. The number of benzene rings is 1. The van der Waals surface area contributed by atoms with E-state index in [-0.39, 0.29) is 23.6 Å². The van der Waals surface area contributed by atoms with Crippen LogP contribution in [0.15, 0.2) is 41.8 Å². The van der Waals surface area contributed by atoms with Gasteiger partial charge in [-0.2, -0.15) is 5.10 Å². The molecule has 158 valence electrons. The fourth-order valence-electron chi connectivity index (χ4n) is 3.60. The topological polar surface area (TPSA) is 99.3 Å². The highest BCUT2D eigenvalue weighted by atomic mass is 32.1. The molecule has 2 atom stereocenters. The third-order valence-electron chi connectivity index (χ3n) is 5.25. The van der Waals surface area contributed by atoms with Crippen molar-refractivity contribution in [3.63, 3.8) is 0 Å². The van der Waals surface area contributed by atoms with E-state index >= 15 is 0 Å². The van der Waals surface area contributed by atoms with Crippen LogP contribution in [0.25, 0.3) is 10.9 Å². The number of hydrogen-bond acceptors (Lipinski definition) is 6. The first-order chi connectivity index (χ1) is 14.6. The molecule has 2 aromatic heterocycles. The molecule has 0 saturated carbocycles. The van der Waals surface area contributed by atoms with Crippen LogP contribution in [0.2, 0.25) is 0 Å². The fourth-order valence-corrected chi connectivity index (χ4v) is 4.46. The van der Waals surface area contributed by atoms with Gasteiger partial charge in [-0.05, 0) is 24.4 Å². The third kappa shape index (κ3) is 4.53. The van der Waals surface area contributed by atoms with Crippen LogP contribution in [-0.2, 0) is 9.53 Å². The van der Waals surface area contributed by atoms with Gasteiger partial charge in [0.05, 0.1) is 24.8 Å². The molecule has 8 nitrogen and oxygen atoms in total. The van der Waals surface area contributed by atoms with Gasteiger partial charge in [0.2, 0.25) is 5.91 Å². The summed E-state index contributed by atoms with van der Waals surface area (Å²) in [5, 5.41) is 15.4. The minimum atomic E-state index is -0.679. The molecule has 1 aliphatic heterocycles. The van der Waals surface area contributed by atoms with E-state index in [1.165, 1.54) is 4.88 Å². The molecule has 1 aromatic carbocycles. The van der Waals surface area contributed by atoms with Gasteiger partial charge in [-0.15, -0.1) is 11.3 Å². The van der Waals surface area contributed by atoms with E-state index in [1.54, 1.807) is 18.3 Å². The Morgan fingerprint density at radius 1 is 1.23 bits per heavy atom. The summed E-state index contributed by atoms with van der Waals surface area (Å²) in [4.78, 5) is 28.8. The number of hydrogen-bond donors (Lipinski definition) is 3. The molecule has 1 saturated heterocycles. The highest BCUT2D eigenvalue weighted by Crippen LogP contribution is 2.25. The molecule has 4 rings (SSSR count). The predicted octanol–water partition coefficient (Wildman–Crippen LogP) is 1.93. The molecule has 1 aliphatic rings. The largest absolute Gasteiger partial charge is 0.379 e. The lowest BCUT2D eigenvalue weighted by molar-refractivity contribution is -0.122. The van der Waals surface area contributed by atoms with Crippen LogP contribution >= 0.6 is 11.3 Å². The normalized spacial score (nSPS) is 16.8. The van der Waals surface area contributed by atoms with Crippen LogP contribution in [0, 0.1) is 0 Å². The second-order valence-electron chi connectivity index (χ2n) is 7.24. The average Bonchev–Trinajstić information content (AvgIpc) is 3.44. The van der Waals surface area contributed by atoms with E-state index < -0.39 is 6.04 Å². The summed E-state index contributed by atoms with van der Waals surface area (Å²) in [6.45, 7) is 5.20. The number of ether oxygens (including phenoxy) is 1. The molecule has 0 spiro atoms. The van der Waals surface area contributed by atoms with Crippen molar-refractivity contribution in [1.29, 1.82) is 0 Å². The summed E-state index contributed by atoms with van der Waals surface area (Å²) in [7, 11) is 0. The van der Waals surface area contributed by atoms with E-state index in [1.807, 2.05) is 35.7 Å². The summed E-state index contributed by atoms with van der Waals surface area (Å²) in [5.74, 6) is -0.601. The fraction of sp³-hybridized carbons (Fsp3) is 0.381. The lowest BCUT2D eigenvalue weighted by Gasteiger charge is -2.34. The predicted molar refractivity (Wildman–Crippen MR) is 115 cm³/mol. The zero-order valence-corrected chi connectivity index (χ0v) is 17.6. The number of nitrogens with zero attached hydrogens (tertiary/aromatic N) is 2. The van der Waals surface area contributed by atoms with Crippen LogP contribution in [0.3, 0.4) is 0 Å². The Labute approximate surface area is 178 Å². The van der Waals surface area contributed by atoms with Gasteiger partial charge in [0.25, 0.3) is 5.91 Å². The number of rotatable bonds is 7. The number of fused-ring (bicyclic) bond motifs is 1. The smallest absolute Gasteiger partial charge is 0.273 e. The zero-order valence-electron chi connectivity index (χ0n) is 16.8. The minimum absolute atomic E-state index is 0.0936. The zero-order chi connectivity index (χ0) is 20.9. The quantitative estimate of drug-likeness (QED) is 0.535. The number of carbonyl (C=O) groups is 2. The molecule has 0 radical (unpaired) electrons. The van der Waals surface area contributed by atoms with Gasteiger partial charge in [0.15, 0.2) is 5.69 Å². The maximum absolute atomic E-state index is 12.7. The van der Waals surface area contributed by atoms with E-state index in [0.717, 1.165) is 24.0 Å². The van der Waals surface area contributed by atoms with Crippen LogP contribution in [-0.4, -0.2) is 65.8 Å². The molecule has 2 unspecified atom stereocenters. The highest BCUT2D eigenvalue weighted by Gasteiger charge is 2.25. The molecular weight excluding hydrogens is 402 g/mol. The summed E-state index contributed by atoms with van der Waals surface area (Å²) < 4.78 is 5.46. The Morgan fingerprint density at radius 2 is 2.03 bits per heavy atom. The second kappa shape index (κ2) is 9.38. The molecule has 30 heavy (non-hydrogen) atoms. The number of nitrogens with one attached hydrogen (secondary N) is 3. The van der Waals surface area contributed by atoms with E-state index in [4.69, 9.17) is 4.74 Å². The molecule has 0 bridgehead atoms. The second-order valence-corrected chi connectivity index (χ2v) is 8.22. The van der Waals surface area contributed by atoms with Gasteiger partial charge in [-0.25, -0.2) is 0 Å².